The summed E-state index contributed by atoms with van der Waals surface area (Å²) in [6, 6.07) is 10.6. The van der Waals surface area contributed by atoms with Crippen LogP contribution < -0.4 is 11.1 Å². The molecular weight excluding hydrogens is 332 g/mol. The normalized spacial score (nSPS) is 13.5. The van der Waals surface area contributed by atoms with Crippen molar-refractivity contribution in [1.82, 2.24) is 19.7 Å². The van der Waals surface area contributed by atoms with Gasteiger partial charge in [-0.2, -0.15) is 0 Å². The summed E-state index contributed by atoms with van der Waals surface area (Å²) in [6.45, 7) is 2.71. The largest absolute Gasteiger partial charge is 0.332 e. The van der Waals surface area contributed by atoms with E-state index in [0.717, 1.165) is 11.1 Å². The zero-order chi connectivity index (χ0) is 18.3. The van der Waals surface area contributed by atoms with E-state index < -0.39 is 0 Å². The van der Waals surface area contributed by atoms with Crippen LogP contribution in [-0.2, 0) is 13.0 Å². The second kappa shape index (κ2) is 6.18. The molecule has 0 bridgehead atoms. The molecule has 3 aromatic rings. The maximum atomic E-state index is 12.8. The Labute approximate surface area is 148 Å². The summed E-state index contributed by atoms with van der Waals surface area (Å²) in [4.78, 5) is 41.3. The molecule has 0 saturated carbocycles. The molecular formula is C19H18N4O3. The first-order chi connectivity index (χ1) is 12.5. The van der Waals surface area contributed by atoms with E-state index in [1.54, 1.807) is 11.1 Å². The molecule has 7 heteroatoms. The third-order valence-corrected chi connectivity index (χ3v) is 4.69. The van der Waals surface area contributed by atoms with Gasteiger partial charge in [-0.1, -0.05) is 17.7 Å². The van der Waals surface area contributed by atoms with Gasteiger partial charge in [0.2, 0.25) is 0 Å². The topological polar surface area (TPSA) is 91.0 Å². The van der Waals surface area contributed by atoms with Crippen molar-refractivity contribution in [2.45, 2.75) is 19.9 Å². The van der Waals surface area contributed by atoms with Crippen LogP contribution in [-0.4, -0.2) is 32.1 Å². The minimum Gasteiger partial charge on any atom is -0.332 e. The van der Waals surface area contributed by atoms with E-state index in [0.29, 0.717) is 24.2 Å². The van der Waals surface area contributed by atoms with Crippen LogP contribution >= 0.6 is 0 Å². The predicted octanol–water partition coefficient (Wildman–Crippen LogP) is 1.36. The van der Waals surface area contributed by atoms with Gasteiger partial charge in [0.15, 0.2) is 0 Å². The van der Waals surface area contributed by atoms with Gasteiger partial charge in [-0.25, -0.2) is 4.68 Å². The maximum absolute atomic E-state index is 12.8. The molecule has 3 heterocycles. The number of aromatic nitrogens is 3. The monoisotopic (exact) mass is 350 g/mol. The van der Waals surface area contributed by atoms with E-state index in [-0.39, 0.29) is 29.3 Å². The molecule has 4 rings (SSSR count). The summed E-state index contributed by atoms with van der Waals surface area (Å²) in [6.07, 6.45) is 2.24. The van der Waals surface area contributed by atoms with Crippen LogP contribution in [0.1, 0.15) is 27.2 Å². The van der Waals surface area contributed by atoms with Crippen LogP contribution in [0, 0.1) is 6.92 Å². The zero-order valence-electron chi connectivity index (χ0n) is 14.3. The van der Waals surface area contributed by atoms with Gasteiger partial charge in [-0.15, -0.1) is 0 Å². The lowest BCUT2D eigenvalue weighted by Gasteiger charge is -2.27. The van der Waals surface area contributed by atoms with E-state index in [1.807, 2.05) is 37.3 Å². The summed E-state index contributed by atoms with van der Waals surface area (Å²) >= 11 is 0. The highest BCUT2D eigenvalue weighted by Crippen LogP contribution is 2.17. The number of nitrogens with one attached hydrogen (secondary N) is 2. The Morgan fingerprint density at radius 3 is 2.65 bits per heavy atom. The lowest BCUT2D eigenvalue weighted by molar-refractivity contribution is 0.0727. The second-order valence-electron chi connectivity index (χ2n) is 6.47. The Hall–Kier alpha value is -3.35. The fourth-order valence-electron chi connectivity index (χ4n) is 3.22. The molecule has 0 atom stereocenters. The van der Waals surface area contributed by atoms with Crippen molar-refractivity contribution in [3.8, 4) is 5.69 Å². The number of H-pyrrole nitrogens is 2. The smallest absolute Gasteiger partial charge is 0.272 e. The number of hydrogen-bond donors (Lipinski definition) is 2. The SMILES string of the molecule is Cc1ccc(-n2[nH]c(C(=O)N3CCc4cc[nH]c(=O)c4C3)cc2=O)cc1. The Morgan fingerprint density at radius 1 is 1.12 bits per heavy atom. The number of carbonyl (C=O) groups excluding carboxylic acids is 1. The molecule has 0 fully saturated rings. The van der Waals surface area contributed by atoms with Crippen LogP contribution in [0.4, 0.5) is 0 Å². The van der Waals surface area contributed by atoms with Crippen molar-refractivity contribution < 1.29 is 4.79 Å². The minimum atomic E-state index is -0.299. The number of aryl methyl sites for hydroxylation is 1. The van der Waals surface area contributed by atoms with Crippen molar-refractivity contribution in [3.63, 3.8) is 0 Å². The fraction of sp³-hybridized carbons (Fsp3) is 0.211. The third-order valence-electron chi connectivity index (χ3n) is 4.69. The number of fused-ring (bicyclic) bond motifs is 1. The Kier molecular flexibility index (Phi) is 3.84. The highest BCUT2D eigenvalue weighted by molar-refractivity contribution is 5.92. The van der Waals surface area contributed by atoms with Gasteiger partial charge in [0.05, 0.1) is 12.2 Å². The zero-order valence-corrected chi connectivity index (χ0v) is 14.3. The molecule has 0 radical (unpaired) electrons. The number of aromatic amines is 2. The number of hydrogen-bond acceptors (Lipinski definition) is 3. The predicted molar refractivity (Wildman–Crippen MR) is 96.6 cm³/mol. The average Bonchev–Trinajstić information content (AvgIpc) is 3.03. The average molecular weight is 350 g/mol. The molecule has 2 aromatic heterocycles. The van der Waals surface area contributed by atoms with Crippen LogP contribution in [0.3, 0.4) is 0 Å². The minimum absolute atomic E-state index is 0.175. The number of pyridine rings is 1. The summed E-state index contributed by atoms with van der Waals surface area (Å²) in [5, 5.41) is 2.88. The molecule has 2 N–H and O–H groups in total. The van der Waals surface area contributed by atoms with Gasteiger partial charge in [0.25, 0.3) is 17.0 Å². The van der Waals surface area contributed by atoms with Gasteiger partial charge >= 0.3 is 0 Å². The highest BCUT2D eigenvalue weighted by atomic mass is 16.2. The number of nitrogens with zero attached hydrogens (tertiary/aromatic N) is 2. The third kappa shape index (κ3) is 2.77. The van der Waals surface area contributed by atoms with E-state index in [2.05, 4.69) is 10.1 Å². The van der Waals surface area contributed by atoms with Gasteiger partial charge in [-0.3, -0.25) is 19.5 Å². The van der Waals surface area contributed by atoms with Crippen molar-refractivity contribution >= 4 is 5.91 Å². The summed E-state index contributed by atoms with van der Waals surface area (Å²) in [7, 11) is 0. The van der Waals surface area contributed by atoms with Crippen LogP contribution in [0.15, 0.2) is 52.2 Å². The van der Waals surface area contributed by atoms with Crippen LogP contribution in [0.25, 0.3) is 5.69 Å². The molecule has 26 heavy (non-hydrogen) atoms. The molecule has 0 unspecified atom stereocenters. The van der Waals surface area contributed by atoms with Gasteiger partial charge in [0.1, 0.15) is 5.69 Å². The number of benzene rings is 1. The quantitative estimate of drug-likeness (QED) is 0.731. The van der Waals surface area contributed by atoms with Gasteiger partial charge < -0.3 is 9.88 Å². The molecule has 0 aliphatic carbocycles. The first-order valence-corrected chi connectivity index (χ1v) is 8.41. The number of rotatable bonds is 2. The maximum Gasteiger partial charge on any atom is 0.272 e. The molecule has 0 saturated heterocycles. The first-order valence-electron chi connectivity index (χ1n) is 8.41. The van der Waals surface area contributed by atoms with Gasteiger partial charge in [0, 0.05) is 24.4 Å². The fourth-order valence-corrected chi connectivity index (χ4v) is 3.22. The van der Waals surface area contributed by atoms with Crippen molar-refractivity contribution in [1.29, 1.82) is 0 Å². The summed E-state index contributed by atoms with van der Waals surface area (Å²) in [5.74, 6) is -0.290. The molecule has 0 spiro atoms. The molecule has 1 amide bonds. The van der Waals surface area contributed by atoms with Gasteiger partial charge in [-0.05, 0) is 37.1 Å². The van der Waals surface area contributed by atoms with Crippen LogP contribution in [0.5, 0.6) is 0 Å². The highest BCUT2D eigenvalue weighted by Gasteiger charge is 2.25. The van der Waals surface area contributed by atoms with Crippen molar-refractivity contribution in [2.75, 3.05) is 6.54 Å². The van der Waals surface area contributed by atoms with E-state index in [9.17, 15) is 14.4 Å². The Bertz CT molecular complexity index is 1090. The lowest BCUT2D eigenvalue weighted by Crippen LogP contribution is -2.39. The Morgan fingerprint density at radius 2 is 1.88 bits per heavy atom. The molecule has 1 aliphatic rings. The molecule has 1 aliphatic heterocycles. The molecule has 1 aromatic carbocycles. The van der Waals surface area contributed by atoms with Crippen molar-refractivity contribution in [3.05, 3.63) is 85.7 Å². The first kappa shape index (κ1) is 16.1. The second-order valence-corrected chi connectivity index (χ2v) is 6.47. The standard InChI is InChI=1S/C19H18N4O3/c1-12-2-4-14(5-3-12)23-17(24)10-16(21-23)19(26)22-9-7-13-6-8-20-18(25)15(13)11-22/h2-6,8,10,21H,7,9,11H2,1H3,(H,20,25). The summed E-state index contributed by atoms with van der Waals surface area (Å²) in [5.41, 5.74) is 3.06. The number of amides is 1. The van der Waals surface area contributed by atoms with E-state index in [1.165, 1.54) is 10.7 Å². The van der Waals surface area contributed by atoms with E-state index in [4.69, 9.17) is 0 Å². The van der Waals surface area contributed by atoms with Crippen molar-refractivity contribution in [2.24, 2.45) is 0 Å². The van der Waals surface area contributed by atoms with Crippen LogP contribution in [0.2, 0.25) is 0 Å². The molecule has 7 nitrogen and oxygen atoms in total. The molecule has 132 valence electrons. The number of carbonyl (C=O) groups is 1. The lowest BCUT2D eigenvalue weighted by atomic mass is 10.0. The summed E-state index contributed by atoms with van der Waals surface area (Å²) < 4.78 is 1.34. The van der Waals surface area contributed by atoms with E-state index >= 15 is 0 Å². The Balaban J connectivity index is 1.63.